The number of rotatable bonds is 4. The average Bonchev–Trinajstić information content (AvgIpc) is 2.78. The van der Waals surface area contributed by atoms with Crippen LogP contribution >= 0.6 is 23.2 Å². The van der Waals surface area contributed by atoms with Crippen molar-refractivity contribution in [3.8, 4) is 11.3 Å². The molecule has 2 aliphatic rings. The van der Waals surface area contributed by atoms with Crippen molar-refractivity contribution in [2.45, 2.75) is 32.4 Å². The Hall–Kier alpha value is -2.64. The number of anilines is 3. The summed E-state index contributed by atoms with van der Waals surface area (Å²) < 4.78 is 0. The fourth-order valence-electron chi connectivity index (χ4n) is 4.31. The van der Waals surface area contributed by atoms with Gasteiger partial charge >= 0.3 is 0 Å². The third-order valence-corrected chi connectivity index (χ3v) is 6.74. The van der Waals surface area contributed by atoms with E-state index in [-0.39, 0.29) is 6.04 Å². The maximum Gasteiger partial charge on any atom is 0.228 e. The van der Waals surface area contributed by atoms with Crippen LogP contribution in [0.4, 0.5) is 17.6 Å². The second kappa shape index (κ2) is 8.71. The van der Waals surface area contributed by atoms with Gasteiger partial charge in [0.2, 0.25) is 5.95 Å². The molecule has 0 bridgehead atoms. The van der Waals surface area contributed by atoms with Gasteiger partial charge in [-0.05, 0) is 38.5 Å². The summed E-state index contributed by atoms with van der Waals surface area (Å²) in [5.74, 6) is 2.52. The summed E-state index contributed by atoms with van der Waals surface area (Å²) in [6.45, 7) is 7.82. The lowest BCUT2D eigenvalue weighted by molar-refractivity contribution is 0.469. The summed E-state index contributed by atoms with van der Waals surface area (Å²) in [6.07, 6.45) is 6.37. The molecule has 5 heterocycles. The monoisotopic (exact) mass is 469 g/mol. The van der Waals surface area contributed by atoms with Crippen LogP contribution in [0.1, 0.15) is 20.3 Å². The summed E-state index contributed by atoms with van der Waals surface area (Å²) in [5, 5.41) is 1.27. The van der Waals surface area contributed by atoms with E-state index in [1.807, 2.05) is 24.3 Å². The molecule has 2 saturated heterocycles. The molecular weight excluding hydrogens is 445 g/mol. The highest BCUT2D eigenvalue weighted by Gasteiger charge is 2.30. The van der Waals surface area contributed by atoms with Gasteiger partial charge < -0.3 is 14.7 Å². The fourth-order valence-corrected chi connectivity index (χ4v) is 4.73. The minimum Gasteiger partial charge on any atom is -0.352 e. The van der Waals surface area contributed by atoms with Gasteiger partial charge in [-0.2, -0.15) is 4.98 Å². The van der Waals surface area contributed by atoms with Crippen molar-refractivity contribution >= 4 is 40.8 Å². The first-order valence-electron chi connectivity index (χ1n) is 10.9. The van der Waals surface area contributed by atoms with E-state index < -0.39 is 0 Å². The molecule has 5 rings (SSSR count). The molecule has 0 aliphatic carbocycles. The van der Waals surface area contributed by atoms with Gasteiger partial charge in [-0.15, -0.1) is 0 Å². The minimum absolute atomic E-state index is 0.226. The van der Waals surface area contributed by atoms with Crippen LogP contribution in [0.5, 0.6) is 0 Å². The number of aromatic nitrogens is 4. The van der Waals surface area contributed by atoms with Crippen molar-refractivity contribution in [1.82, 2.24) is 19.9 Å². The molecule has 0 aromatic carbocycles. The first kappa shape index (κ1) is 21.2. The maximum absolute atomic E-state index is 6.39. The largest absolute Gasteiger partial charge is 0.352 e. The van der Waals surface area contributed by atoms with E-state index in [1.54, 1.807) is 18.6 Å². The van der Waals surface area contributed by atoms with E-state index in [0.29, 0.717) is 16.1 Å². The zero-order valence-corrected chi connectivity index (χ0v) is 19.6. The lowest BCUT2D eigenvalue weighted by Crippen LogP contribution is -2.53. The van der Waals surface area contributed by atoms with E-state index in [1.165, 1.54) is 0 Å². The molecule has 7 nitrogen and oxygen atoms in total. The van der Waals surface area contributed by atoms with Gasteiger partial charge in [-0.3, -0.25) is 4.98 Å². The van der Waals surface area contributed by atoms with Crippen molar-refractivity contribution in [3.05, 3.63) is 52.9 Å². The van der Waals surface area contributed by atoms with Gasteiger partial charge in [0, 0.05) is 68.5 Å². The number of piperazine rings is 1. The van der Waals surface area contributed by atoms with Crippen LogP contribution < -0.4 is 14.7 Å². The molecule has 2 aliphatic heterocycles. The van der Waals surface area contributed by atoms with Gasteiger partial charge in [0.1, 0.15) is 11.6 Å². The van der Waals surface area contributed by atoms with Crippen molar-refractivity contribution in [2.24, 2.45) is 0 Å². The summed E-state index contributed by atoms with van der Waals surface area (Å²) >= 11 is 12.6. The second-order valence-corrected chi connectivity index (χ2v) is 9.28. The molecule has 0 radical (unpaired) electrons. The lowest BCUT2D eigenvalue weighted by atomic mass is 10.1. The van der Waals surface area contributed by atoms with Crippen LogP contribution in [-0.2, 0) is 0 Å². The van der Waals surface area contributed by atoms with Crippen molar-refractivity contribution in [2.75, 3.05) is 40.9 Å². The maximum atomic E-state index is 6.39. The standard InChI is InChI=1S/C23H25Cl2N7/c1-15-5-7-32(15)23-28-20(17-10-18(24)13-26-12-17)11-21(29-23)31-9-8-30(14-16(31)2)22-19(25)4-3-6-27-22/h3-4,6,10-13,15-16H,5,7-9,14H2,1-2H3/t15-,16-/m1/s1. The van der Waals surface area contributed by atoms with Crippen LogP contribution in [0.25, 0.3) is 11.3 Å². The molecule has 0 N–H and O–H groups in total. The van der Waals surface area contributed by atoms with E-state index in [2.05, 4.69) is 38.5 Å². The lowest BCUT2D eigenvalue weighted by Gasteiger charge is -2.42. The fraction of sp³-hybridized carbons (Fsp3) is 0.391. The van der Waals surface area contributed by atoms with Crippen molar-refractivity contribution < 1.29 is 0 Å². The molecule has 0 amide bonds. The zero-order valence-electron chi connectivity index (χ0n) is 18.1. The summed E-state index contributed by atoms with van der Waals surface area (Å²) in [5.41, 5.74) is 1.73. The average molecular weight is 470 g/mol. The van der Waals surface area contributed by atoms with Crippen molar-refractivity contribution in [3.63, 3.8) is 0 Å². The first-order valence-corrected chi connectivity index (χ1v) is 11.6. The van der Waals surface area contributed by atoms with E-state index in [9.17, 15) is 0 Å². The number of hydrogen-bond acceptors (Lipinski definition) is 7. The quantitative estimate of drug-likeness (QED) is 0.554. The number of nitrogens with zero attached hydrogens (tertiary/aromatic N) is 7. The molecule has 0 saturated carbocycles. The van der Waals surface area contributed by atoms with E-state index >= 15 is 0 Å². The Kier molecular flexibility index (Phi) is 5.78. The smallest absolute Gasteiger partial charge is 0.228 e. The molecule has 32 heavy (non-hydrogen) atoms. The third kappa shape index (κ3) is 4.07. The van der Waals surface area contributed by atoms with Gasteiger partial charge in [0.05, 0.1) is 15.7 Å². The Morgan fingerprint density at radius 1 is 0.969 bits per heavy atom. The van der Waals surface area contributed by atoms with Gasteiger partial charge in [0.15, 0.2) is 0 Å². The highest BCUT2D eigenvalue weighted by atomic mass is 35.5. The Balaban J connectivity index is 1.47. The predicted octanol–water partition coefficient (Wildman–Crippen LogP) is 4.55. The number of halogens is 2. The molecular formula is C23H25Cl2N7. The molecule has 0 unspecified atom stereocenters. The zero-order chi connectivity index (χ0) is 22.2. The molecule has 3 aromatic rings. The SMILES string of the molecule is C[C@@H]1CN(c2ncccc2Cl)CCN1c1cc(-c2cncc(Cl)c2)nc(N2CC[C@H]2C)n1. The second-order valence-electron chi connectivity index (χ2n) is 8.43. The third-order valence-electron chi connectivity index (χ3n) is 6.24. The number of hydrogen-bond donors (Lipinski definition) is 0. The highest BCUT2D eigenvalue weighted by Crippen LogP contribution is 2.32. The van der Waals surface area contributed by atoms with E-state index in [4.69, 9.17) is 33.2 Å². The number of pyridine rings is 2. The first-order chi connectivity index (χ1) is 15.5. The van der Waals surface area contributed by atoms with E-state index in [0.717, 1.165) is 61.4 Å². The van der Waals surface area contributed by atoms with Gasteiger partial charge in [-0.25, -0.2) is 9.97 Å². The summed E-state index contributed by atoms with van der Waals surface area (Å²) in [7, 11) is 0. The molecule has 9 heteroatoms. The van der Waals surface area contributed by atoms with Crippen LogP contribution in [0.3, 0.4) is 0 Å². The summed E-state index contributed by atoms with van der Waals surface area (Å²) in [6, 6.07) is 8.35. The topological polar surface area (TPSA) is 61.3 Å². The van der Waals surface area contributed by atoms with Gasteiger partial charge in [-0.1, -0.05) is 23.2 Å². The van der Waals surface area contributed by atoms with Crippen LogP contribution in [0.15, 0.2) is 42.9 Å². The normalized spacial score (nSPS) is 20.9. The predicted molar refractivity (Wildman–Crippen MR) is 130 cm³/mol. The van der Waals surface area contributed by atoms with Crippen molar-refractivity contribution in [1.29, 1.82) is 0 Å². The van der Waals surface area contributed by atoms with Crippen LogP contribution in [0.2, 0.25) is 10.0 Å². The Morgan fingerprint density at radius 3 is 2.53 bits per heavy atom. The Morgan fingerprint density at radius 2 is 1.84 bits per heavy atom. The van der Waals surface area contributed by atoms with Gasteiger partial charge in [0.25, 0.3) is 0 Å². The molecule has 2 fully saturated rings. The van der Waals surface area contributed by atoms with Crippen LogP contribution in [-0.4, -0.2) is 58.2 Å². The molecule has 166 valence electrons. The minimum atomic E-state index is 0.226. The Bertz CT molecular complexity index is 1130. The highest BCUT2D eigenvalue weighted by molar-refractivity contribution is 6.33. The molecule has 0 spiro atoms. The van der Waals surface area contributed by atoms with Crippen LogP contribution in [0, 0.1) is 0 Å². The molecule has 3 aromatic heterocycles. The molecule has 2 atom stereocenters. The Labute approximate surface area is 198 Å². The summed E-state index contributed by atoms with van der Waals surface area (Å²) in [4.78, 5) is 25.4.